The number of halogens is 1. The van der Waals surface area contributed by atoms with E-state index in [1.165, 1.54) is 12.1 Å². The second kappa shape index (κ2) is 4.75. The molecule has 0 unspecified atom stereocenters. The van der Waals surface area contributed by atoms with Crippen molar-refractivity contribution >= 4 is 22.6 Å². The Morgan fingerprint density at radius 2 is 1.95 bits per heavy atom. The molecule has 1 amide bonds. The molecule has 1 aromatic heterocycles. The molecule has 0 bridgehead atoms. The molecule has 21 heavy (non-hydrogen) atoms. The van der Waals surface area contributed by atoms with Crippen LogP contribution in [-0.4, -0.2) is 16.2 Å². The van der Waals surface area contributed by atoms with Crippen molar-refractivity contribution < 1.29 is 18.6 Å². The van der Waals surface area contributed by atoms with Crippen molar-refractivity contribution in [3.8, 4) is 11.5 Å². The first-order valence-electron chi connectivity index (χ1n) is 5.84. The molecular weight excluding hydrogens is 279 g/mol. The Hall–Kier alpha value is -3.16. The van der Waals surface area contributed by atoms with Crippen LogP contribution in [-0.2, 0) is 0 Å². The summed E-state index contributed by atoms with van der Waals surface area (Å²) < 4.78 is 23.8. The summed E-state index contributed by atoms with van der Waals surface area (Å²) in [4.78, 5) is 11.0. The number of nitrogens with zero attached hydrogens (tertiary/aromatic N) is 2. The lowest BCUT2D eigenvalue weighted by Gasteiger charge is -2.07. The summed E-state index contributed by atoms with van der Waals surface area (Å²) in [6.45, 7) is 0. The van der Waals surface area contributed by atoms with Gasteiger partial charge in [0.15, 0.2) is 16.8 Å². The van der Waals surface area contributed by atoms with Gasteiger partial charge in [0.05, 0.1) is 11.3 Å². The molecule has 1 heterocycles. The first-order chi connectivity index (χ1) is 10.1. The van der Waals surface area contributed by atoms with E-state index in [0.717, 1.165) is 6.07 Å². The molecule has 0 radical (unpaired) electrons. The SMILES string of the molecule is NC(=O)c1ccc(Oc2ccc(N)c3nonc23)cc1F. The first-order valence-corrected chi connectivity index (χ1v) is 5.84. The van der Waals surface area contributed by atoms with Crippen LogP contribution in [0, 0.1) is 5.82 Å². The van der Waals surface area contributed by atoms with E-state index in [9.17, 15) is 9.18 Å². The number of hydrogen-bond acceptors (Lipinski definition) is 6. The van der Waals surface area contributed by atoms with Crippen molar-refractivity contribution in [1.82, 2.24) is 10.3 Å². The van der Waals surface area contributed by atoms with Crippen LogP contribution in [0.4, 0.5) is 10.1 Å². The van der Waals surface area contributed by atoms with E-state index in [-0.39, 0.29) is 11.3 Å². The van der Waals surface area contributed by atoms with Crippen LogP contribution < -0.4 is 16.2 Å². The number of nitrogens with two attached hydrogens (primary N) is 2. The van der Waals surface area contributed by atoms with Crippen LogP contribution in [0.5, 0.6) is 11.5 Å². The van der Waals surface area contributed by atoms with E-state index in [2.05, 4.69) is 14.9 Å². The standard InChI is InChI=1S/C13H9FN4O3/c14-8-5-6(1-2-7(8)13(16)19)20-10-4-3-9(15)11-12(10)18-21-17-11/h1-5H,15H2,(H2,16,19). The molecule has 8 heteroatoms. The molecule has 0 aliphatic carbocycles. The van der Waals surface area contributed by atoms with Gasteiger partial charge in [0.1, 0.15) is 11.6 Å². The Morgan fingerprint density at radius 1 is 1.19 bits per heavy atom. The zero-order valence-electron chi connectivity index (χ0n) is 10.5. The van der Waals surface area contributed by atoms with Crippen molar-refractivity contribution in [2.75, 3.05) is 5.73 Å². The number of fused-ring (bicyclic) bond motifs is 1. The molecule has 0 saturated heterocycles. The van der Waals surface area contributed by atoms with Gasteiger partial charge in [0, 0.05) is 6.07 Å². The predicted octanol–water partition coefficient (Wildman–Crippen LogP) is 1.84. The number of anilines is 1. The molecule has 3 rings (SSSR count). The van der Waals surface area contributed by atoms with Crippen LogP contribution in [0.2, 0.25) is 0 Å². The van der Waals surface area contributed by atoms with Gasteiger partial charge < -0.3 is 16.2 Å². The number of rotatable bonds is 3. The minimum Gasteiger partial charge on any atom is -0.455 e. The van der Waals surface area contributed by atoms with Crippen molar-refractivity contribution in [3.05, 3.63) is 41.7 Å². The highest BCUT2D eigenvalue weighted by atomic mass is 19.1. The van der Waals surface area contributed by atoms with Crippen LogP contribution in [0.25, 0.3) is 11.0 Å². The normalized spacial score (nSPS) is 10.7. The van der Waals surface area contributed by atoms with Gasteiger partial charge in [-0.25, -0.2) is 9.02 Å². The zero-order valence-corrected chi connectivity index (χ0v) is 10.5. The number of carbonyl (C=O) groups is 1. The summed E-state index contributed by atoms with van der Waals surface area (Å²) in [5.74, 6) is -1.15. The maximum atomic E-state index is 13.7. The van der Waals surface area contributed by atoms with Crippen molar-refractivity contribution in [2.45, 2.75) is 0 Å². The Bertz CT molecular complexity index is 847. The summed E-state index contributed by atoms with van der Waals surface area (Å²) in [6, 6.07) is 6.83. The number of aromatic nitrogens is 2. The Labute approximate surface area is 117 Å². The summed E-state index contributed by atoms with van der Waals surface area (Å²) in [7, 11) is 0. The highest BCUT2D eigenvalue weighted by Gasteiger charge is 2.14. The van der Waals surface area contributed by atoms with Crippen LogP contribution in [0.15, 0.2) is 35.0 Å². The molecule has 106 valence electrons. The molecule has 3 aromatic rings. The molecule has 2 aromatic carbocycles. The minimum atomic E-state index is -0.852. The van der Waals surface area contributed by atoms with E-state index in [1.54, 1.807) is 12.1 Å². The summed E-state index contributed by atoms with van der Waals surface area (Å²) in [6.07, 6.45) is 0. The van der Waals surface area contributed by atoms with Gasteiger partial charge in [-0.05, 0) is 34.6 Å². The lowest BCUT2D eigenvalue weighted by molar-refractivity contribution is 0.0996. The van der Waals surface area contributed by atoms with Gasteiger partial charge in [-0.3, -0.25) is 4.79 Å². The van der Waals surface area contributed by atoms with Crippen molar-refractivity contribution in [3.63, 3.8) is 0 Å². The Morgan fingerprint density at radius 3 is 2.67 bits per heavy atom. The molecule has 0 saturated carbocycles. The fraction of sp³-hybridized carbons (Fsp3) is 0. The summed E-state index contributed by atoms with van der Waals surface area (Å²) in [5, 5.41) is 7.33. The number of nitrogen functional groups attached to an aromatic ring is 1. The lowest BCUT2D eigenvalue weighted by Crippen LogP contribution is -2.12. The number of primary amides is 1. The third kappa shape index (κ3) is 2.22. The predicted molar refractivity (Wildman–Crippen MR) is 71.2 cm³/mol. The molecule has 0 aliphatic heterocycles. The minimum absolute atomic E-state index is 0.173. The van der Waals surface area contributed by atoms with E-state index in [1.807, 2.05) is 0 Å². The third-order valence-corrected chi connectivity index (χ3v) is 2.84. The highest BCUT2D eigenvalue weighted by molar-refractivity contribution is 5.93. The lowest BCUT2D eigenvalue weighted by atomic mass is 10.2. The van der Waals surface area contributed by atoms with Gasteiger partial charge >= 0.3 is 0 Å². The smallest absolute Gasteiger partial charge is 0.251 e. The van der Waals surface area contributed by atoms with Crippen LogP contribution >= 0.6 is 0 Å². The molecule has 0 atom stereocenters. The maximum Gasteiger partial charge on any atom is 0.251 e. The molecule has 4 N–H and O–H groups in total. The molecule has 7 nitrogen and oxygen atoms in total. The van der Waals surface area contributed by atoms with E-state index >= 15 is 0 Å². The Balaban J connectivity index is 1.99. The summed E-state index contributed by atoms with van der Waals surface area (Å²) in [5.41, 5.74) is 11.6. The van der Waals surface area contributed by atoms with Crippen LogP contribution in [0.3, 0.4) is 0 Å². The number of amides is 1. The zero-order chi connectivity index (χ0) is 15.0. The van der Waals surface area contributed by atoms with Gasteiger partial charge in [-0.15, -0.1) is 0 Å². The highest BCUT2D eigenvalue weighted by Crippen LogP contribution is 2.31. The van der Waals surface area contributed by atoms with Crippen LogP contribution in [0.1, 0.15) is 10.4 Å². The van der Waals surface area contributed by atoms with E-state index in [0.29, 0.717) is 22.5 Å². The van der Waals surface area contributed by atoms with E-state index < -0.39 is 11.7 Å². The fourth-order valence-corrected chi connectivity index (χ4v) is 1.83. The molecule has 0 fully saturated rings. The first kappa shape index (κ1) is 12.9. The quantitative estimate of drug-likeness (QED) is 0.710. The second-order valence-corrected chi connectivity index (χ2v) is 4.22. The number of carbonyl (C=O) groups excluding carboxylic acids is 1. The average Bonchev–Trinajstić information content (AvgIpc) is 2.92. The summed E-state index contributed by atoms with van der Waals surface area (Å²) >= 11 is 0. The molecule has 0 aliphatic rings. The van der Waals surface area contributed by atoms with Gasteiger partial charge in [0.25, 0.3) is 5.91 Å². The topological polar surface area (TPSA) is 117 Å². The maximum absolute atomic E-state index is 13.7. The monoisotopic (exact) mass is 288 g/mol. The third-order valence-electron chi connectivity index (χ3n) is 2.84. The Kier molecular flexibility index (Phi) is 2.90. The fourth-order valence-electron chi connectivity index (χ4n) is 1.83. The van der Waals surface area contributed by atoms with Gasteiger partial charge in [-0.2, -0.15) is 0 Å². The number of benzene rings is 2. The van der Waals surface area contributed by atoms with E-state index in [4.69, 9.17) is 16.2 Å². The van der Waals surface area contributed by atoms with Crippen molar-refractivity contribution in [1.29, 1.82) is 0 Å². The van der Waals surface area contributed by atoms with Crippen molar-refractivity contribution in [2.24, 2.45) is 5.73 Å². The largest absolute Gasteiger partial charge is 0.455 e. The number of hydrogen-bond donors (Lipinski definition) is 2. The molecule has 0 spiro atoms. The second-order valence-electron chi connectivity index (χ2n) is 4.22. The van der Waals surface area contributed by atoms with Gasteiger partial charge in [-0.1, -0.05) is 0 Å². The molecular formula is C13H9FN4O3. The van der Waals surface area contributed by atoms with Gasteiger partial charge in [0.2, 0.25) is 0 Å². The average molecular weight is 288 g/mol. The number of ether oxygens (including phenoxy) is 1.